The van der Waals surface area contributed by atoms with Gasteiger partial charge in [-0.05, 0) is 30.5 Å². The van der Waals surface area contributed by atoms with E-state index in [0.29, 0.717) is 6.42 Å². The summed E-state index contributed by atoms with van der Waals surface area (Å²) in [5, 5.41) is 2.68. The zero-order valence-electron chi connectivity index (χ0n) is 12.3. The van der Waals surface area contributed by atoms with Gasteiger partial charge in [-0.3, -0.25) is 9.59 Å². The van der Waals surface area contributed by atoms with Gasteiger partial charge in [-0.1, -0.05) is 19.9 Å². The van der Waals surface area contributed by atoms with Crippen LogP contribution in [0.2, 0.25) is 0 Å². The quantitative estimate of drug-likeness (QED) is 0.897. The molecule has 0 unspecified atom stereocenters. The SMILES string of the molecule is CC(C)C[C@@H](NC(=O)c1cccc(F)c1)C(=O)N(C)C. The van der Waals surface area contributed by atoms with Crippen LogP contribution in [0.25, 0.3) is 0 Å². The summed E-state index contributed by atoms with van der Waals surface area (Å²) < 4.78 is 13.1. The summed E-state index contributed by atoms with van der Waals surface area (Å²) in [6.45, 7) is 3.95. The first-order chi connectivity index (χ1) is 9.31. The van der Waals surface area contributed by atoms with Crippen LogP contribution in [0.15, 0.2) is 24.3 Å². The lowest BCUT2D eigenvalue weighted by Crippen LogP contribution is -2.46. The zero-order valence-corrected chi connectivity index (χ0v) is 12.3. The first-order valence-corrected chi connectivity index (χ1v) is 6.59. The minimum absolute atomic E-state index is 0.163. The second kappa shape index (κ2) is 7.03. The van der Waals surface area contributed by atoms with Crippen LogP contribution in [-0.4, -0.2) is 36.9 Å². The molecule has 20 heavy (non-hydrogen) atoms. The van der Waals surface area contributed by atoms with Crippen molar-refractivity contribution in [3.8, 4) is 0 Å². The number of benzene rings is 1. The third-order valence-corrected chi connectivity index (χ3v) is 2.84. The van der Waals surface area contributed by atoms with Gasteiger partial charge in [0.1, 0.15) is 11.9 Å². The van der Waals surface area contributed by atoms with Gasteiger partial charge in [0.2, 0.25) is 5.91 Å². The molecule has 5 heteroatoms. The number of likely N-dealkylation sites (N-methyl/N-ethyl adjacent to an activating group) is 1. The Balaban J connectivity index is 2.84. The van der Waals surface area contributed by atoms with Gasteiger partial charge < -0.3 is 10.2 Å². The zero-order chi connectivity index (χ0) is 15.3. The number of nitrogens with zero attached hydrogens (tertiary/aromatic N) is 1. The Morgan fingerprint density at radius 3 is 2.45 bits per heavy atom. The minimum atomic E-state index is -0.597. The summed E-state index contributed by atoms with van der Waals surface area (Å²) in [4.78, 5) is 25.6. The Morgan fingerprint density at radius 2 is 1.95 bits per heavy atom. The number of halogens is 1. The highest BCUT2D eigenvalue weighted by Gasteiger charge is 2.23. The van der Waals surface area contributed by atoms with Crippen LogP contribution in [-0.2, 0) is 4.79 Å². The molecule has 0 aliphatic heterocycles. The summed E-state index contributed by atoms with van der Waals surface area (Å²) in [5.41, 5.74) is 0.213. The van der Waals surface area contributed by atoms with E-state index in [1.807, 2.05) is 13.8 Å². The third-order valence-electron chi connectivity index (χ3n) is 2.84. The van der Waals surface area contributed by atoms with Gasteiger partial charge in [0.25, 0.3) is 5.91 Å². The highest BCUT2D eigenvalue weighted by Crippen LogP contribution is 2.09. The van der Waals surface area contributed by atoms with Crippen molar-refractivity contribution >= 4 is 11.8 Å². The van der Waals surface area contributed by atoms with E-state index in [2.05, 4.69) is 5.32 Å². The Morgan fingerprint density at radius 1 is 1.30 bits per heavy atom. The highest BCUT2D eigenvalue weighted by molar-refractivity contribution is 5.97. The van der Waals surface area contributed by atoms with E-state index in [4.69, 9.17) is 0 Å². The fourth-order valence-corrected chi connectivity index (χ4v) is 1.88. The van der Waals surface area contributed by atoms with Gasteiger partial charge in [-0.2, -0.15) is 0 Å². The van der Waals surface area contributed by atoms with Crippen molar-refractivity contribution in [1.29, 1.82) is 0 Å². The molecule has 0 aliphatic rings. The topological polar surface area (TPSA) is 49.4 Å². The molecule has 4 nitrogen and oxygen atoms in total. The number of nitrogens with one attached hydrogen (secondary N) is 1. The molecule has 2 amide bonds. The smallest absolute Gasteiger partial charge is 0.252 e. The van der Waals surface area contributed by atoms with Gasteiger partial charge in [-0.15, -0.1) is 0 Å². The number of rotatable bonds is 5. The maximum Gasteiger partial charge on any atom is 0.252 e. The summed E-state index contributed by atoms with van der Waals surface area (Å²) in [6, 6.07) is 4.82. The maximum atomic E-state index is 13.1. The van der Waals surface area contributed by atoms with Crippen LogP contribution in [0.5, 0.6) is 0 Å². The van der Waals surface area contributed by atoms with Crippen LogP contribution in [0.3, 0.4) is 0 Å². The van der Waals surface area contributed by atoms with Gasteiger partial charge in [0, 0.05) is 19.7 Å². The van der Waals surface area contributed by atoms with Crippen LogP contribution in [0.4, 0.5) is 4.39 Å². The standard InChI is InChI=1S/C15H21FN2O2/c1-10(2)8-13(15(20)18(3)4)17-14(19)11-6-5-7-12(16)9-11/h5-7,9-10,13H,8H2,1-4H3,(H,17,19)/t13-/m1/s1. The molecule has 0 saturated carbocycles. The van der Waals surface area contributed by atoms with Gasteiger partial charge in [0.05, 0.1) is 0 Å². The van der Waals surface area contributed by atoms with E-state index in [1.54, 1.807) is 14.1 Å². The third kappa shape index (κ3) is 4.64. The first kappa shape index (κ1) is 16.1. The average Bonchev–Trinajstić information content (AvgIpc) is 2.36. The van der Waals surface area contributed by atoms with Crippen LogP contribution < -0.4 is 5.32 Å². The molecule has 0 bridgehead atoms. The van der Waals surface area contributed by atoms with Gasteiger partial charge in [0.15, 0.2) is 0 Å². The Hall–Kier alpha value is -1.91. The summed E-state index contributed by atoms with van der Waals surface area (Å²) >= 11 is 0. The predicted molar refractivity (Wildman–Crippen MR) is 75.8 cm³/mol. The molecule has 0 aromatic heterocycles. The number of carbonyl (C=O) groups excluding carboxylic acids is 2. The lowest BCUT2D eigenvalue weighted by Gasteiger charge is -2.23. The molecule has 110 valence electrons. The fraction of sp³-hybridized carbons (Fsp3) is 0.467. The second-order valence-corrected chi connectivity index (χ2v) is 5.40. The van der Waals surface area contributed by atoms with E-state index >= 15 is 0 Å². The molecular weight excluding hydrogens is 259 g/mol. The molecule has 0 heterocycles. The summed E-state index contributed by atoms with van der Waals surface area (Å²) in [7, 11) is 3.29. The van der Waals surface area contributed by atoms with Crippen LogP contribution in [0.1, 0.15) is 30.6 Å². The number of hydrogen-bond acceptors (Lipinski definition) is 2. The highest BCUT2D eigenvalue weighted by atomic mass is 19.1. The predicted octanol–water partition coefficient (Wildman–Crippen LogP) is 2.06. The van der Waals surface area contributed by atoms with Crippen molar-refractivity contribution in [1.82, 2.24) is 10.2 Å². The molecule has 0 radical (unpaired) electrons. The van der Waals surface area contributed by atoms with Gasteiger partial charge in [-0.25, -0.2) is 4.39 Å². The summed E-state index contributed by atoms with van der Waals surface area (Å²) in [6.07, 6.45) is 0.540. The van der Waals surface area contributed by atoms with Crippen molar-refractivity contribution < 1.29 is 14.0 Å². The van der Waals surface area contributed by atoms with E-state index in [9.17, 15) is 14.0 Å². The Kier molecular flexibility index (Phi) is 5.67. The number of carbonyl (C=O) groups is 2. The van der Waals surface area contributed by atoms with Crippen molar-refractivity contribution in [2.45, 2.75) is 26.3 Å². The molecule has 1 atom stereocenters. The minimum Gasteiger partial charge on any atom is -0.347 e. The normalized spacial score (nSPS) is 12.1. The monoisotopic (exact) mass is 280 g/mol. The molecule has 1 aromatic carbocycles. The number of hydrogen-bond donors (Lipinski definition) is 1. The molecule has 1 N–H and O–H groups in total. The number of amides is 2. The summed E-state index contributed by atoms with van der Waals surface area (Å²) in [5.74, 6) is -0.817. The van der Waals surface area contributed by atoms with E-state index in [1.165, 1.54) is 23.1 Å². The molecule has 0 fully saturated rings. The van der Waals surface area contributed by atoms with Crippen molar-refractivity contribution in [3.63, 3.8) is 0 Å². The average molecular weight is 280 g/mol. The largest absolute Gasteiger partial charge is 0.347 e. The fourth-order valence-electron chi connectivity index (χ4n) is 1.88. The van der Waals surface area contributed by atoms with Crippen molar-refractivity contribution in [2.75, 3.05) is 14.1 Å². The van der Waals surface area contributed by atoms with Gasteiger partial charge >= 0.3 is 0 Å². The maximum absolute atomic E-state index is 13.1. The van der Waals surface area contributed by atoms with E-state index in [-0.39, 0.29) is 17.4 Å². The molecule has 1 aromatic rings. The lowest BCUT2D eigenvalue weighted by molar-refractivity contribution is -0.131. The molecule has 0 spiro atoms. The Labute approximate surface area is 119 Å². The van der Waals surface area contributed by atoms with Crippen molar-refractivity contribution in [3.05, 3.63) is 35.6 Å². The second-order valence-electron chi connectivity index (χ2n) is 5.40. The molecule has 0 aliphatic carbocycles. The molecule has 1 rings (SSSR count). The van der Waals surface area contributed by atoms with E-state index in [0.717, 1.165) is 6.07 Å². The lowest BCUT2D eigenvalue weighted by atomic mass is 10.0. The van der Waals surface area contributed by atoms with Crippen LogP contribution >= 0.6 is 0 Å². The first-order valence-electron chi connectivity index (χ1n) is 6.59. The molecular formula is C15H21FN2O2. The van der Waals surface area contributed by atoms with Crippen molar-refractivity contribution in [2.24, 2.45) is 5.92 Å². The molecule has 0 saturated heterocycles. The van der Waals surface area contributed by atoms with E-state index < -0.39 is 17.8 Å². The Bertz CT molecular complexity index is 487. The van der Waals surface area contributed by atoms with Crippen LogP contribution in [0, 0.1) is 11.7 Å².